The molecule has 9 heteroatoms. The number of hydrogen-bond donors (Lipinski definition) is 1. The van der Waals surface area contributed by atoms with Gasteiger partial charge in [0.05, 0.1) is 7.11 Å². The molecule has 4 rings (SSSR count). The lowest BCUT2D eigenvalue weighted by molar-refractivity contribution is -0.151. The maximum Gasteiger partial charge on any atom is 0.356 e. The third-order valence-corrected chi connectivity index (χ3v) is 8.72. The second kappa shape index (κ2) is 9.21. The Morgan fingerprint density at radius 1 is 1.27 bits per heavy atom. The number of carbonyl (C=O) groups excluding carboxylic acids is 2. The number of ether oxygens (including phenoxy) is 2. The molecular weight excluding hydrogens is 535 g/mol. The normalized spacial score (nSPS) is 20.5. The minimum Gasteiger partial charge on any atom is -0.497 e. The highest BCUT2D eigenvalue weighted by Gasteiger charge is 2.52. The first kappa shape index (κ1) is 21.5. The third kappa shape index (κ3) is 4.20. The summed E-state index contributed by atoms with van der Waals surface area (Å²) in [5.74, 6) is 0.579. The van der Waals surface area contributed by atoms with Crippen LogP contribution in [0.15, 0.2) is 64.0 Å². The number of β-lactam (4-membered cyclic amide) rings is 1. The third-order valence-electron chi connectivity index (χ3n) is 4.77. The molecule has 2 aromatic rings. The van der Waals surface area contributed by atoms with E-state index in [0.29, 0.717) is 11.4 Å². The quantitative estimate of drug-likeness (QED) is 0.332. The number of nitrogens with zero attached hydrogens (tertiary/aromatic N) is 1. The average Bonchev–Trinajstić information content (AvgIpc) is 2.78. The van der Waals surface area contributed by atoms with Crippen LogP contribution in [0.5, 0.6) is 5.75 Å². The zero-order valence-corrected chi connectivity index (χ0v) is 19.8. The lowest BCUT2D eigenvalue weighted by atomic mass is 10.1. The minimum absolute atomic E-state index is 0.110. The molecule has 1 saturated heterocycles. The first-order chi connectivity index (χ1) is 14.5. The van der Waals surface area contributed by atoms with Gasteiger partial charge in [-0.15, -0.1) is 11.8 Å². The van der Waals surface area contributed by atoms with Crippen molar-refractivity contribution in [2.75, 3.05) is 12.9 Å². The Balaban J connectivity index is 1.58. The summed E-state index contributed by atoms with van der Waals surface area (Å²) in [7, 11) is 1.60. The van der Waals surface area contributed by atoms with Crippen molar-refractivity contribution in [1.82, 2.24) is 4.90 Å². The predicted octanol–water partition coefficient (Wildman–Crippen LogP) is 3.59. The molecular formula is C21H19IN2O4S2. The molecule has 0 unspecified atom stereocenters. The highest BCUT2D eigenvalue weighted by atomic mass is 127. The van der Waals surface area contributed by atoms with Crippen molar-refractivity contribution in [3.05, 3.63) is 68.3 Å². The molecule has 6 nitrogen and oxygen atoms in total. The smallest absolute Gasteiger partial charge is 0.356 e. The first-order valence-electron chi connectivity index (χ1n) is 9.15. The second-order valence-electron chi connectivity index (χ2n) is 6.66. The maximum absolute atomic E-state index is 13.1. The van der Waals surface area contributed by atoms with E-state index in [0.717, 1.165) is 24.7 Å². The van der Waals surface area contributed by atoms with Crippen LogP contribution in [-0.4, -0.2) is 41.1 Å². The molecule has 0 aromatic heterocycles. The van der Waals surface area contributed by atoms with Crippen LogP contribution in [0, 0.1) is 3.57 Å². The van der Waals surface area contributed by atoms with Gasteiger partial charge in [-0.3, -0.25) is 9.69 Å². The van der Waals surface area contributed by atoms with Crippen LogP contribution >= 0.6 is 46.1 Å². The van der Waals surface area contributed by atoms with Gasteiger partial charge in [-0.25, -0.2) is 4.79 Å². The zero-order valence-electron chi connectivity index (χ0n) is 16.0. The van der Waals surface area contributed by atoms with Crippen LogP contribution in [0.1, 0.15) is 5.56 Å². The summed E-state index contributed by atoms with van der Waals surface area (Å²) < 4.78 is 11.8. The summed E-state index contributed by atoms with van der Waals surface area (Å²) in [6.07, 6.45) is 0. The number of fused-ring (bicyclic) bond motifs is 1. The Morgan fingerprint density at radius 3 is 2.70 bits per heavy atom. The molecule has 156 valence electrons. The predicted molar refractivity (Wildman–Crippen MR) is 126 cm³/mol. The number of hydrogen-bond acceptors (Lipinski definition) is 7. The first-order valence-corrected chi connectivity index (χ1v) is 12.1. The number of esters is 1. The molecule has 1 amide bonds. The number of rotatable bonds is 6. The molecule has 2 atom stereocenters. The van der Waals surface area contributed by atoms with E-state index in [1.165, 1.54) is 16.7 Å². The van der Waals surface area contributed by atoms with Crippen LogP contribution in [0.4, 0.5) is 0 Å². The Labute approximate surface area is 196 Å². The zero-order chi connectivity index (χ0) is 21.3. The number of thioether (sulfide) groups is 2. The van der Waals surface area contributed by atoms with E-state index in [4.69, 9.17) is 15.2 Å². The van der Waals surface area contributed by atoms with Crippen molar-refractivity contribution in [1.29, 1.82) is 0 Å². The van der Waals surface area contributed by atoms with Gasteiger partial charge >= 0.3 is 5.97 Å². The Kier molecular flexibility index (Phi) is 6.61. The summed E-state index contributed by atoms with van der Waals surface area (Å²) in [6.45, 7) is 0.110. The molecule has 2 heterocycles. The van der Waals surface area contributed by atoms with Gasteiger partial charge in [0.25, 0.3) is 0 Å². The van der Waals surface area contributed by atoms with Gasteiger partial charge in [-0.05, 0) is 52.4 Å². The van der Waals surface area contributed by atoms with E-state index >= 15 is 0 Å². The van der Waals surface area contributed by atoms with E-state index in [9.17, 15) is 9.59 Å². The van der Waals surface area contributed by atoms with Crippen LogP contribution in [0.3, 0.4) is 0 Å². The fourth-order valence-electron chi connectivity index (χ4n) is 3.16. The number of benzene rings is 2. The van der Waals surface area contributed by atoms with Crippen molar-refractivity contribution < 1.29 is 19.1 Å². The standard InChI is InChI=1S/C21H19IN2O4S2/c1-27-13-8-6-12(7-9-13)10-28-21(26)18-16(30-15-5-3-2-4-14(15)22)11-29-20-17(23)19(25)24(18)20/h2-9,17,20H,10-11,23H2,1H3/t17-,20+/m1/s1. The van der Waals surface area contributed by atoms with E-state index < -0.39 is 12.0 Å². The van der Waals surface area contributed by atoms with E-state index in [-0.39, 0.29) is 17.9 Å². The number of carbonyl (C=O) groups is 2. The van der Waals surface area contributed by atoms with Crippen LogP contribution in [-0.2, 0) is 20.9 Å². The molecule has 0 bridgehead atoms. The molecule has 1 fully saturated rings. The SMILES string of the molecule is COc1ccc(COC(=O)C2=C(Sc3ccccc3I)CS[C@H]3[C@H](N)C(=O)N23)cc1. The van der Waals surface area contributed by atoms with E-state index in [1.807, 2.05) is 48.5 Å². The number of methoxy groups -OCH3 is 1. The average molecular weight is 554 g/mol. The Bertz CT molecular complexity index is 1010. The fourth-order valence-corrected chi connectivity index (χ4v) is 6.31. The molecule has 2 N–H and O–H groups in total. The van der Waals surface area contributed by atoms with Gasteiger partial charge in [0.2, 0.25) is 5.91 Å². The fraction of sp³-hybridized carbons (Fsp3) is 0.238. The van der Waals surface area contributed by atoms with E-state index in [1.54, 1.807) is 18.9 Å². The van der Waals surface area contributed by atoms with Gasteiger partial charge in [-0.2, -0.15) is 0 Å². The summed E-state index contributed by atoms with van der Waals surface area (Å²) in [6, 6.07) is 14.7. The van der Waals surface area contributed by atoms with Crippen LogP contribution in [0.25, 0.3) is 0 Å². The number of amides is 1. The van der Waals surface area contributed by atoms with Crippen LogP contribution < -0.4 is 10.5 Å². The summed E-state index contributed by atoms with van der Waals surface area (Å²) in [5.41, 5.74) is 7.09. The van der Waals surface area contributed by atoms with Gasteiger partial charge < -0.3 is 15.2 Å². The summed E-state index contributed by atoms with van der Waals surface area (Å²) in [4.78, 5) is 28.8. The highest BCUT2D eigenvalue weighted by molar-refractivity contribution is 14.1. The van der Waals surface area contributed by atoms with Crippen molar-refractivity contribution in [3.8, 4) is 5.75 Å². The Hall–Kier alpha value is -1.69. The largest absolute Gasteiger partial charge is 0.497 e. The number of nitrogens with two attached hydrogens (primary N) is 1. The minimum atomic E-state index is -0.581. The summed E-state index contributed by atoms with van der Waals surface area (Å²) in [5, 5.41) is -0.222. The molecule has 30 heavy (non-hydrogen) atoms. The molecule has 0 radical (unpaired) electrons. The van der Waals surface area contributed by atoms with Gasteiger partial charge in [0.1, 0.15) is 29.5 Å². The lowest BCUT2D eigenvalue weighted by Crippen LogP contribution is -2.68. The van der Waals surface area contributed by atoms with Crippen molar-refractivity contribution in [3.63, 3.8) is 0 Å². The van der Waals surface area contributed by atoms with Gasteiger partial charge in [0.15, 0.2) is 0 Å². The van der Waals surface area contributed by atoms with Crippen molar-refractivity contribution in [2.45, 2.75) is 22.9 Å². The van der Waals surface area contributed by atoms with E-state index in [2.05, 4.69) is 22.6 Å². The van der Waals surface area contributed by atoms with Crippen molar-refractivity contribution >= 4 is 58.0 Å². The lowest BCUT2D eigenvalue weighted by Gasteiger charge is -2.48. The highest BCUT2D eigenvalue weighted by Crippen LogP contribution is 2.45. The molecule has 0 aliphatic carbocycles. The molecule has 0 saturated carbocycles. The van der Waals surface area contributed by atoms with Crippen LogP contribution in [0.2, 0.25) is 0 Å². The molecule has 2 aliphatic heterocycles. The topological polar surface area (TPSA) is 81.9 Å². The second-order valence-corrected chi connectivity index (χ2v) is 10.1. The van der Waals surface area contributed by atoms with Gasteiger partial charge in [-0.1, -0.05) is 36.0 Å². The Morgan fingerprint density at radius 2 is 2.00 bits per heavy atom. The monoisotopic (exact) mass is 554 g/mol. The maximum atomic E-state index is 13.1. The van der Waals surface area contributed by atoms with Crippen molar-refractivity contribution in [2.24, 2.45) is 5.73 Å². The summed E-state index contributed by atoms with van der Waals surface area (Å²) >= 11 is 5.34. The number of halogens is 1. The van der Waals surface area contributed by atoms with Gasteiger partial charge in [0, 0.05) is 19.1 Å². The molecule has 2 aromatic carbocycles. The molecule has 2 aliphatic rings. The molecule has 0 spiro atoms.